The van der Waals surface area contributed by atoms with E-state index in [1.807, 2.05) is 36.4 Å². The number of nitrogens with zero attached hydrogens (tertiary/aromatic N) is 3. The van der Waals surface area contributed by atoms with Crippen LogP contribution in [0.3, 0.4) is 0 Å². The fraction of sp³-hybridized carbons (Fsp3) is 0.417. The number of esters is 1. The van der Waals surface area contributed by atoms with Crippen LogP contribution in [0.1, 0.15) is 23.2 Å². The summed E-state index contributed by atoms with van der Waals surface area (Å²) in [6.45, 7) is 5.23. The molecule has 3 aromatic rings. The predicted octanol–water partition coefficient (Wildman–Crippen LogP) is 3.17. The average molecular weight is 405 g/mol. The summed E-state index contributed by atoms with van der Waals surface area (Å²) < 4.78 is 7.22. The summed E-state index contributed by atoms with van der Waals surface area (Å²) in [4.78, 5) is 19.9. The number of nitrogens with one attached hydrogen (secondary N) is 1. The van der Waals surface area contributed by atoms with Crippen molar-refractivity contribution < 1.29 is 9.53 Å². The van der Waals surface area contributed by atoms with Gasteiger partial charge in [0.1, 0.15) is 5.82 Å². The SMILES string of the molecule is COC(=O)c1cccc2nc(-c3ccccc3)n(CCNC3CN4CCC3CC4)c12. The number of carbonyl (C=O) groups is 1. The fourth-order valence-corrected chi connectivity index (χ4v) is 5.04. The molecular formula is C24H28N4O2. The van der Waals surface area contributed by atoms with E-state index < -0.39 is 0 Å². The van der Waals surface area contributed by atoms with E-state index in [2.05, 4.69) is 26.9 Å². The average Bonchev–Trinajstić information content (AvgIpc) is 3.19. The minimum Gasteiger partial charge on any atom is -0.465 e. The largest absolute Gasteiger partial charge is 0.465 e. The molecule has 2 aromatic carbocycles. The van der Waals surface area contributed by atoms with Crippen molar-refractivity contribution in [1.29, 1.82) is 0 Å². The fourth-order valence-electron chi connectivity index (χ4n) is 5.04. The zero-order valence-corrected chi connectivity index (χ0v) is 17.4. The van der Waals surface area contributed by atoms with Crippen molar-refractivity contribution in [2.45, 2.75) is 25.4 Å². The van der Waals surface area contributed by atoms with Crippen LogP contribution in [0.15, 0.2) is 48.5 Å². The second-order valence-corrected chi connectivity index (χ2v) is 8.32. The second-order valence-electron chi connectivity index (χ2n) is 8.32. The monoisotopic (exact) mass is 404 g/mol. The molecule has 1 N–H and O–H groups in total. The number of hydrogen-bond acceptors (Lipinski definition) is 5. The van der Waals surface area contributed by atoms with Crippen LogP contribution < -0.4 is 5.32 Å². The maximum atomic E-state index is 12.4. The standard InChI is InChI=1S/C24H28N4O2/c1-30-24(29)19-8-5-9-20-22(19)28(23(26-20)18-6-3-2-4-7-18)15-12-25-21-16-27-13-10-17(21)11-14-27/h2-9,17,21,25H,10-16H2,1H3. The third kappa shape index (κ3) is 3.50. The Labute approximate surface area is 176 Å². The Morgan fingerprint density at radius 3 is 2.63 bits per heavy atom. The van der Waals surface area contributed by atoms with E-state index in [0.29, 0.717) is 11.6 Å². The Morgan fingerprint density at radius 2 is 1.93 bits per heavy atom. The number of imidazole rings is 1. The minimum absolute atomic E-state index is 0.327. The molecule has 30 heavy (non-hydrogen) atoms. The van der Waals surface area contributed by atoms with E-state index in [1.165, 1.54) is 33.0 Å². The first-order valence-electron chi connectivity index (χ1n) is 10.8. The molecule has 156 valence electrons. The molecule has 2 bridgehead atoms. The summed E-state index contributed by atoms with van der Waals surface area (Å²) in [5.74, 6) is 1.35. The van der Waals surface area contributed by atoms with Crippen molar-refractivity contribution in [3.05, 3.63) is 54.1 Å². The van der Waals surface area contributed by atoms with Crippen LogP contribution in [0.25, 0.3) is 22.4 Å². The quantitative estimate of drug-likeness (QED) is 0.640. The number of aromatic nitrogens is 2. The lowest BCUT2D eigenvalue weighted by Crippen LogP contribution is -2.56. The molecule has 1 unspecified atom stereocenters. The minimum atomic E-state index is -0.327. The van der Waals surface area contributed by atoms with Gasteiger partial charge >= 0.3 is 5.97 Å². The van der Waals surface area contributed by atoms with Gasteiger partial charge in [0.25, 0.3) is 0 Å². The molecule has 6 heteroatoms. The highest BCUT2D eigenvalue weighted by molar-refractivity contribution is 6.03. The molecular weight excluding hydrogens is 376 g/mol. The number of rotatable bonds is 6. The normalized spacial score (nSPS) is 23.0. The highest BCUT2D eigenvalue weighted by atomic mass is 16.5. The summed E-state index contributed by atoms with van der Waals surface area (Å²) >= 11 is 0. The van der Waals surface area contributed by atoms with Crippen LogP contribution in [0, 0.1) is 5.92 Å². The van der Waals surface area contributed by atoms with Gasteiger partial charge in [0.2, 0.25) is 0 Å². The van der Waals surface area contributed by atoms with Gasteiger partial charge in [-0.3, -0.25) is 0 Å². The lowest BCUT2D eigenvalue weighted by atomic mass is 9.84. The number of piperidine rings is 3. The Hall–Kier alpha value is -2.70. The molecule has 4 heterocycles. The molecule has 3 aliphatic heterocycles. The summed E-state index contributed by atoms with van der Waals surface area (Å²) in [6.07, 6.45) is 2.60. The van der Waals surface area contributed by atoms with Crippen molar-refractivity contribution in [2.75, 3.05) is 33.3 Å². The first kappa shape index (κ1) is 19.3. The van der Waals surface area contributed by atoms with Gasteiger partial charge in [-0.15, -0.1) is 0 Å². The number of carbonyl (C=O) groups excluding carboxylic acids is 1. The second kappa shape index (κ2) is 8.20. The molecule has 1 aromatic heterocycles. The molecule has 0 spiro atoms. The smallest absolute Gasteiger partial charge is 0.340 e. The molecule has 3 saturated heterocycles. The lowest BCUT2D eigenvalue weighted by molar-refractivity contribution is 0.0602. The van der Waals surface area contributed by atoms with Gasteiger partial charge in [0.15, 0.2) is 0 Å². The van der Waals surface area contributed by atoms with E-state index in [9.17, 15) is 4.79 Å². The summed E-state index contributed by atoms with van der Waals surface area (Å²) in [5, 5.41) is 3.79. The number of fused-ring (bicyclic) bond motifs is 4. The van der Waals surface area contributed by atoms with Crippen molar-refractivity contribution in [2.24, 2.45) is 5.92 Å². The molecule has 1 atom stereocenters. The third-order valence-electron chi connectivity index (χ3n) is 6.60. The van der Waals surface area contributed by atoms with E-state index in [0.717, 1.165) is 48.0 Å². The van der Waals surface area contributed by atoms with Gasteiger partial charge in [-0.2, -0.15) is 0 Å². The van der Waals surface area contributed by atoms with Crippen molar-refractivity contribution in [3.8, 4) is 11.4 Å². The summed E-state index contributed by atoms with van der Waals surface area (Å²) in [6, 6.07) is 16.4. The zero-order valence-electron chi connectivity index (χ0n) is 17.4. The Kier molecular flexibility index (Phi) is 5.27. The van der Waals surface area contributed by atoms with Crippen LogP contribution in [0.5, 0.6) is 0 Å². The van der Waals surface area contributed by atoms with Crippen molar-refractivity contribution in [1.82, 2.24) is 19.8 Å². The highest BCUT2D eigenvalue weighted by Crippen LogP contribution is 2.29. The van der Waals surface area contributed by atoms with Crippen molar-refractivity contribution >= 4 is 17.0 Å². The van der Waals surface area contributed by atoms with Crippen LogP contribution in [0.4, 0.5) is 0 Å². The zero-order chi connectivity index (χ0) is 20.5. The van der Waals surface area contributed by atoms with E-state index in [4.69, 9.17) is 9.72 Å². The molecule has 0 saturated carbocycles. The predicted molar refractivity (Wildman–Crippen MR) is 117 cm³/mol. The Bertz CT molecular complexity index is 1040. The number of ether oxygens (including phenoxy) is 1. The van der Waals surface area contributed by atoms with Crippen LogP contribution in [0.2, 0.25) is 0 Å². The first-order chi connectivity index (χ1) is 14.7. The van der Waals surface area contributed by atoms with Crippen LogP contribution in [-0.2, 0) is 11.3 Å². The highest BCUT2D eigenvalue weighted by Gasteiger charge is 2.33. The Balaban J connectivity index is 1.47. The molecule has 6 nitrogen and oxygen atoms in total. The maximum Gasteiger partial charge on any atom is 0.340 e. The molecule has 0 aliphatic carbocycles. The summed E-state index contributed by atoms with van der Waals surface area (Å²) in [7, 11) is 1.43. The molecule has 3 fully saturated rings. The number of para-hydroxylation sites is 1. The van der Waals surface area contributed by atoms with Crippen LogP contribution >= 0.6 is 0 Å². The van der Waals surface area contributed by atoms with Gasteiger partial charge in [-0.25, -0.2) is 9.78 Å². The molecule has 3 aliphatic rings. The topological polar surface area (TPSA) is 59.4 Å². The molecule has 0 radical (unpaired) electrons. The van der Waals surface area contributed by atoms with Gasteiger partial charge in [-0.1, -0.05) is 36.4 Å². The van der Waals surface area contributed by atoms with Gasteiger partial charge in [-0.05, 0) is 44.0 Å². The van der Waals surface area contributed by atoms with E-state index in [-0.39, 0.29) is 5.97 Å². The summed E-state index contributed by atoms with van der Waals surface area (Å²) in [5.41, 5.74) is 3.28. The van der Waals surface area contributed by atoms with Crippen molar-refractivity contribution in [3.63, 3.8) is 0 Å². The molecule has 6 rings (SSSR count). The molecule has 0 amide bonds. The Morgan fingerprint density at radius 1 is 1.13 bits per heavy atom. The van der Waals surface area contributed by atoms with Gasteiger partial charge in [0, 0.05) is 31.2 Å². The van der Waals surface area contributed by atoms with Crippen LogP contribution in [-0.4, -0.2) is 59.8 Å². The third-order valence-corrected chi connectivity index (χ3v) is 6.60. The van der Waals surface area contributed by atoms with E-state index >= 15 is 0 Å². The van der Waals surface area contributed by atoms with Gasteiger partial charge in [0.05, 0.1) is 23.7 Å². The number of hydrogen-bond donors (Lipinski definition) is 1. The van der Waals surface area contributed by atoms with E-state index in [1.54, 1.807) is 0 Å². The number of methoxy groups -OCH3 is 1. The van der Waals surface area contributed by atoms with Gasteiger partial charge < -0.3 is 19.5 Å². The first-order valence-corrected chi connectivity index (χ1v) is 10.8. The lowest BCUT2D eigenvalue weighted by Gasteiger charge is -2.45. The maximum absolute atomic E-state index is 12.4. The number of benzene rings is 2.